The Bertz CT molecular complexity index is 585. The molecular weight excluding hydrogens is 271 g/mol. The molecule has 0 radical (unpaired) electrons. The van der Waals surface area contributed by atoms with Gasteiger partial charge in [0.25, 0.3) is 0 Å². The Hall–Kier alpha value is -1.71. The zero-order valence-corrected chi connectivity index (χ0v) is 10.8. The Balaban J connectivity index is 2.05. The van der Waals surface area contributed by atoms with Crippen molar-refractivity contribution in [2.24, 2.45) is 5.10 Å². The minimum atomic E-state index is 0.0524. The van der Waals surface area contributed by atoms with Crippen molar-refractivity contribution in [3.63, 3.8) is 0 Å². The van der Waals surface area contributed by atoms with Crippen LogP contribution in [0.5, 0.6) is 5.75 Å². The first-order valence-electron chi connectivity index (χ1n) is 5.18. The zero-order chi connectivity index (χ0) is 13.0. The van der Waals surface area contributed by atoms with Crippen LogP contribution in [0.25, 0.3) is 0 Å². The molecule has 0 amide bonds. The van der Waals surface area contributed by atoms with E-state index in [1.54, 1.807) is 30.5 Å². The standard InChI is InChI=1S/C13H10Cl2N2O/c14-10-2-1-3-11(7-10)17-16-8-9-4-5-13(18)12(15)6-9/h1-8,17-18H. The van der Waals surface area contributed by atoms with Gasteiger partial charge in [-0.15, -0.1) is 0 Å². The quantitative estimate of drug-likeness (QED) is 0.655. The number of phenolic OH excluding ortho intramolecular Hbond substituents is 1. The molecule has 0 spiro atoms. The summed E-state index contributed by atoms with van der Waals surface area (Å²) in [6.07, 6.45) is 1.60. The van der Waals surface area contributed by atoms with Crippen molar-refractivity contribution in [3.05, 3.63) is 58.1 Å². The number of nitrogens with one attached hydrogen (secondary N) is 1. The average molecular weight is 281 g/mol. The Morgan fingerprint density at radius 1 is 1.11 bits per heavy atom. The van der Waals surface area contributed by atoms with Gasteiger partial charge in [-0.25, -0.2) is 0 Å². The summed E-state index contributed by atoms with van der Waals surface area (Å²) in [6, 6.07) is 12.1. The number of aromatic hydroxyl groups is 1. The third-order valence-electron chi connectivity index (χ3n) is 2.20. The Morgan fingerprint density at radius 3 is 2.67 bits per heavy atom. The molecule has 2 N–H and O–H groups in total. The van der Waals surface area contributed by atoms with Crippen LogP contribution in [-0.4, -0.2) is 11.3 Å². The first kappa shape index (κ1) is 12.7. The number of phenols is 1. The SMILES string of the molecule is Oc1ccc(C=NNc2cccc(Cl)c2)cc1Cl. The molecule has 92 valence electrons. The third-order valence-corrected chi connectivity index (χ3v) is 2.74. The monoisotopic (exact) mass is 280 g/mol. The fourth-order valence-corrected chi connectivity index (χ4v) is 1.72. The lowest BCUT2D eigenvalue weighted by Crippen LogP contribution is -1.90. The summed E-state index contributed by atoms with van der Waals surface area (Å²) < 4.78 is 0. The largest absolute Gasteiger partial charge is 0.506 e. The van der Waals surface area contributed by atoms with E-state index < -0.39 is 0 Å². The van der Waals surface area contributed by atoms with Gasteiger partial charge in [0.15, 0.2) is 0 Å². The van der Waals surface area contributed by atoms with E-state index in [4.69, 9.17) is 23.2 Å². The number of halogens is 2. The molecule has 0 aromatic heterocycles. The second kappa shape index (κ2) is 5.76. The van der Waals surface area contributed by atoms with Gasteiger partial charge in [0.05, 0.1) is 16.9 Å². The molecule has 2 rings (SSSR count). The molecule has 2 aromatic carbocycles. The number of nitrogens with zero attached hydrogens (tertiary/aromatic N) is 1. The summed E-state index contributed by atoms with van der Waals surface area (Å²) in [4.78, 5) is 0. The maximum Gasteiger partial charge on any atom is 0.134 e. The van der Waals surface area contributed by atoms with Crippen LogP contribution < -0.4 is 5.43 Å². The molecule has 0 heterocycles. The van der Waals surface area contributed by atoms with Gasteiger partial charge < -0.3 is 5.11 Å². The Morgan fingerprint density at radius 2 is 1.94 bits per heavy atom. The van der Waals surface area contributed by atoms with Crippen LogP contribution in [-0.2, 0) is 0 Å². The first-order chi connectivity index (χ1) is 8.65. The van der Waals surface area contributed by atoms with E-state index in [2.05, 4.69) is 10.5 Å². The van der Waals surface area contributed by atoms with E-state index in [0.717, 1.165) is 11.3 Å². The van der Waals surface area contributed by atoms with E-state index in [9.17, 15) is 5.11 Å². The van der Waals surface area contributed by atoms with E-state index in [0.29, 0.717) is 10.0 Å². The second-order valence-corrected chi connectivity index (χ2v) is 4.43. The minimum Gasteiger partial charge on any atom is -0.506 e. The Kier molecular flexibility index (Phi) is 4.07. The molecule has 0 bridgehead atoms. The second-order valence-electron chi connectivity index (χ2n) is 3.59. The van der Waals surface area contributed by atoms with Crippen molar-refractivity contribution < 1.29 is 5.11 Å². The summed E-state index contributed by atoms with van der Waals surface area (Å²) in [6.45, 7) is 0. The van der Waals surface area contributed by atoms with Gasteiger partial charge in [0.2, 0.25) is 0 Å². The fourth-order valence-electron chi connectivity index (χ4n) is 1.34. The fraction of sp³-hybridized carbons (Fsp3) is 0. The molecule has 0 atom stereocenters. The number of anilines is 1. The van der Waals surface area contributed by atoms with E-state index in [1.165, 1.54) is 6.07 Å². The number of benzene rings is 2. The molecule has 3 nitrogen and oxygen atoms in total. The predicted molar refractivity (Wildman–Crippen MR) is 75.8 cm³/mol. The normalized spacial score (nSPS) is 10.8. The highest BCUT2D eigenvalue weighted by Crippen LogP contribution is 2.22. The summed E-state index contributed by atoms with van der Waals surface area (Å²) >= 11 is 11.6. The van der Waals surface area contributed by atoms with Gasteiger partial charge in [-0.1, -0.05) is 29.3 Å². The average Bonchev–Trinajstić information content (AvgIpc) is 2.34. The lowest BCUT2D eigenvalue weighted by Gasteiger charge is -2.00. The van der Waals surface area contributed by atoms with Gasteiger partial charge in [0.1, 0.15) is 5.75 Å². The molecule has 0 aliphatic rings. The molecule has 0 aliphatic heterocycles. The number of hydrogen-bond acceptors (Lipinski definition) is 3. The first-order valence-corrected chi connectivity index (χ1v) is 5.94. The van der Waals surface area contributed by atoms with Crippen LogP contribution in [0.3, 0.4) is 0 Å². The van der Waals surface area contributed by atoms with E-state index >= 15 is 0 Å². The van der Waals surface area contributed by atoms with Crippen molar-refractivity contribution in [1.29, 1.82) is 0 Å². The highest BCUT2D eigenvalue weighted by Gasteiger charge is 1.97. The summed E-state index contributed by atoms with van der Waals surface area (Å²) in [5, 5.41) is 14.3. The topological polar surface area (TPSA) is 44.6 Å². The van der Waals surface area contributed by atoms with Crippen molar-refractivity contribution in [2.45, 2.75) is 0 Å². The van der Waals surface area contributed by atoms with Crippen LogP contribution in [0, 0.1) is 0 Å². The lowest BCUT2D eigenvalue weighted by atomic mass is 10.2. The molecule has 2 aromatic rings. The molecule has 5 heteroatoms. The van der Waals surface area contributed by atoms with Gasteiger partial charge >= 0.3 is 0 Å². The van der Waals surface area contributed by atoms with E-state index in [-0.39, 0.29) is 5.75 Å². The third kappa shape index (κ3) is 3.39. The van der Waals surface area contributed by atoms with Crippen molar-refractivity contribution in [2.75, 3.05) is 5.43 Å². The summed E-state index contributed by atoms with van der Waals surface area (Å²) in [7, 11) is 0. The van der Waals surface area contributed by atoms with Crippen LogP contribution in [0.1, 0.15) is 5.56 Å². The highest BCUT2D eigenvalue weighted by atomic mass is 35.5. The van der Waals surface area contributed by atoms with Crippen molar-refractivity contribution in [3.8, 4) is 5.75 Å². The molecule has 0 unspecified atom stereocenters. The predicted octanol–water partition coefficient (Wildman–Crippen LogP) is 4.15. The van der Waals surface area contributed by atoms with Gasteiger partial charge in [0, 0.05) is 5.02 Å². The summed E-state index contributed by atoms with van der Waals surface area (Å²) in [5.74, 6) is 0.0524. The van der Waals surface area contributed by atoms with Crippen LogP contribution in [0.15, 0.2) is 47.6 Å². The highest BCUT2D eigenvalue weighted by molar-refractivity contribution is 6.32. The lowest BCUT2D eigenvalue weighted by molar-refractivity contribution is 0.475. The summed E-state index contributed by atoms with van der Waals surface area (Å²) in [5.41, 5.74) is 4.43. The minimum absolute atomic E-state index is 0.0524. The molecule has 0 aliphatic carbocycles. The Labute approximate surface area is 115 Å². The van der Waals surface area contributed by atoms with Crippen molar-refractivity contribution >= 4 is 35.1 Å². The van der Waals surface area contributed by atoms with Gasteiger partial charge in [-0.05, 0) is 42.0 Å². The van der Waals surface area contributed by atoms with Crippen molar-refractivity contribution in [1.82, 2.24) is 0 Å². The zero-order valence-electron chi connectivity index (χ0n) is 9.27. The number of hydrazone groups is 1. The molecule has 0 fully saturated rings. The van der Waals surface area contributed by atoms with Crippen LogP contribution in [0.2, 0.25) is 10.0 Å². The van der Waals surface area contributed by atoms with Gasteiger partial charge in [-0.3, -0.25) is 5.43 Å². The smallest absolute Gasteiger partial charge is 0.134 e. The van der Waals surface area contributed by atoms with Gasteiger partial charge in [-0.2, -0.15) is 5.10 Å². The molecule has 0 saturated heterocycles. The molecule has 0 saturated carbocycles. The molecule has 18 heavy (non-hydrogen) atoms. The molecular formula is C13H10Cl2N2O. The van der Waals surface area contributed by atoms with Crippen LogP contribution in [0.4, 0.5) is 5.69 Å². The number of rotatable bonds is 3. The maximum absolute atomic E-state index is 9.27. The van der Waals surface area contributed by atoms with E-state index in [1.807, 2.05) is 12.1 Å². The van der Waals surface area contributed by atoms with Crippen LogP contribution >= 0.6 is 23.2 Å². The maximum atomic E-state index is 9.27. The number of hydrogen-bond donors (Lipinski definition) is 2.